The van der Waals surface area contributed by atoms with Crippen LogP contribution in [0.5, 0.6) is 0 Å². The molecule has 0 fully saturated rings. The van der Waals surface area contributed by atoms with Crippen LogP contribution in [0.15, 0.2) is 47.4 Å². The van der Waals surface area contributed by atoms with Crippen LogP contribution in [0.1, 0.15) is 23.6 Å². The fourth-order valence-electron chi connectivity index (χ4n) is 2.02. The van der Waals surface area contributed by atoms with Gasteiger partial charge >= 0.3 is 0 Å². The van der Waals surface area contributed by atoms with Crippen LogP contribution in [-0.4, -0.2) is 8.42 Å². The summed E-state index contributed by atoms with van der Waals surface area (Å²) in [7, 11) is -3.70. The van der Waals surface area contributed by atoms with E-state index in [9.17, 15) is 8.42 Å². The molecule has 2 rings (SSSR count). The van der Waals surface area contributed by atoms with Gasteiger partial charge in [-0.25, -0.2) is 8.42 Å². The van der Waals surface area contributed by atoms with Gasteiger partial charge in [0, 0.05) is 5.69 Å². The lowest BCUT2D eigenvalue weighted by molar-refractivity contribution is 0.600. The first kappa shape index (κ1) is 15.1. The van der Waals surface area contributed by atoms with E-state index in [4.69, 9.17) is 5.26 Å². The van der Waals surface area contributed by atoms with E-state index in [0.29, 0.717) is 16.8 Å². The Morgan fingerprint density at radius 1 is 1.19 bits per heavy atom. The molecule has 0 radical (unpaired) electrons. The highest BCUT2D eigenvalue weighted by atomic mass is 32.2. The SMILES string of the molecule is CCc1cccc(NS(=O)(=O)c2cc(C#N)ccc2C)c1. The van der Waals surface area contributed by atoms with Gasteiger partial charge in [0.25, 0.3) is 10.0 Å². The number of benzene rings is 2. The third-order valence-corrected chi connectivity index (χ3v) is 4.72. The molecule has 2 aromatic carbocycles. The van der Waals surface area contributed by atoms with Gasteiger partial charge in [0.2, 0.25) is 0 Å². The lowest BCUT2D eigenvalue weighted by Crippen LogP contribution is -2.14. The fourth-order valence-corrected chi connectivity index (χ4v) is 3.35. The largest absolute Gasteiger partial charge is 0.280 e. The summed E-state index contributed by atoms with van der Waals surface area (Å²) in [5.74, 6) is 0. The summed E-state index contributed by atoms with van der Waals surface area (Å²) in [5, 5.41) is 8.91. The van der Waals surface area contributed by atoms with Gasteiger partial charge in [0.05, 0.1) is 16.5 Å². The molecule has 4 nitrogen and oxygen atoms in total. The van der Waals surface area contributed by atoms with Crippen molar-refractivity contribution in [2.75, 3.05) is 4.72 Å². The van der Waals surface area contributed by atoms with Crippen LogP contribution in [0, 0.1) is 18.3 Å². The Bertz CT molecular complexity index is 805. The van der Waals surface area contributed by atoms with Gasteiger partial charge in [-0.1, -0.05) is 25.1 Å². The van der Waals surface area contributed by atoms with Gasteiger partial charge in [-0.2, -0.15) is 5.26 Å². The van der Waals surface area contributed by atoms with E-state index < -0.39 is 10.0 Å². The van der Waals surface area contributed by atoms with E-state index in [1.807, 2.05) is 25.1 Å². The van der Waals surface area contributed by atoms with Gasteiger partial charge in [-0.05, 0) is 48.7 Å². The molecule has 2 aromatic rings. The first-order valence-corrected chi connectivity index (χ1v) is 8.07. The molecule has 5 heteroatoms. The Morgan fingerprint density at radius 3 is 2.62 bits per heavy atom. The zero-order valence-electron chi connectivity index (χ0n) is 11.9. The molecule has 0 aliphatic rings. The Kier molecular flexibility index (Phi) is 4.29. The van der Waals surface area contributed by atoms with E-state index in [1.165, 1.54) is 6.07 Å². The highest BCUT2D eigenvalue weighted by molar-refractivity contribution is 7.92. The van der Waals surface area contributed by atoms with Gasteiger partial charge in [-0.3, -0.25) is 4.72 Å². The third-order valence-electron chi connectivity index (χ3n) is 3.19. The summed E-state index contributed by atoms with van der Waals surface area (Å²) in [4.78, 5) is 0.128. The number of nitrogens with one attached hydrogen (secondary N) is 1. The zero-order valence-corrected chi connectivity index (χ0v) is 12.7. The smallest absolute Gasteiger partial charge is 0.262 e. The second-order valence-electron chi connectivity index (χ2n) is 4.75. The summed E-state index contributed by atoms with van der Waals surface area (Å²) >= 11 is 0. The Morgan fingerprint density at radius 2 is 1.95 bits per heavy atom. The van der Waals surface area contributed by atoms with Gasteiger partial charge in [0.15, 0.2) is 0 Å². The molecule has 0 saturated heterocycles. The first-order chi connectivity index (χ1) is 9.96. The number of aryl methyl sites for hydroxylation is 2. The maximum Gasteiger partial charge on any atom is 0.262 e. The molecule has 1 N–H and O–H groups in total. The van der Waals surface area contributed by atoms with E-state index in [2.05, 4.69) is 4.72 Å². The summed E-state index contributed by atoms with van der Waals surface area (Å²) < 4.78 is 27.5. The molecule has 0 unspecified atom stereocenters. The predicted molar refractivity (Wildman–Crippen MR) is 82.5 cm³/mol. The van der Waals surface area contributed by atoms with Crippen molar-refractivity contribution >= 4 is 15.7 Å². The highest BCUT2D eigenvalue weighted by Gasteiger charge is 2.17. The number of rotatable bonds is 4. The van der Waals surface area contributed by atoms with Crippen molar-refractivity contribution in [2.24, 2.45) is 0 Å². The molecule has 0 heterocycles. The van der Waals surface area contributed by atoms with Gasteiger partial charge in [0.1, 0.15) is 0 Å². The Balaban J connectivity index is 2.41. The van der Waals surface area contributed by atoms with Crippen LogP contribution in [-0.2, 0) is 16.4 Å². The summed E-state index contributed by atoms with van der Waals surface area (Å²) in [6.07, 6.45) is 0.832. The Labute approximate surface area is 125 Å². The molecule has 0 saturated carbocycles. The van der Waals surface area contributed by atoms with Crippen LogP contribution in [0.2, 0.25) is 0 Å². The number of sulfonamides is 1. The normalized spacial score (nSPS) is 10.9. The quantitative estimate of drug-likeness (QED) is 0.942. The second-order valence-corrected chi connectivity index (χ2v) is 6.40. The molecule has 21 heavy (non-hydrogen) atoms. The maximum atomic E-state index is 12.5. The number of nitrogens with zero attached hydrogens (tertiary/aromatic N) is 1. The minimum Gasteiger partial charge on any atom is -0.280 e. The number of anilines is 1. The van der Waals surface area contributed by atoms with Crippen LogP contribution in [0.4, 0.5) is 5.69 Å². The molecule has 0 amide bonds. The van der Waals surface area contributed by atoms with E-state index >= 15 is 0 Å². The summed E-state index contributed by atoms with van der Waals surface area (Å²) in [6, 6.07) is 13.9. The second kappa shape index (κ2) is 5.98. The van der Waals surface area contributed by atoms with Crippen LogP contribution >= 0.6 is 0 Å². The average Bonchev–Trinajstić information content (AvgIpc) is 2.47. The van der Waals surface area contributed by atoms with Crippen molar-refractivity contribution in [3.05, 3.63) is 59.2 Å². The maximum absolute atomic E-state index is 12.5. The van der Waals surface area contributed by atoms with Crippen LogP contribution < -0.4 is 4.72 Å². The minimum absolute atomic E-state index is 0.128. The number of hydrogen-bond acceptors (Lipinski definition) is 3. The monoisotopic (exact) mass is 300 g/mol. The average molecular weight is 300 g/mol. The minimum atomic E-state index is -3.70. The van der Waals surface area contributed by atoms with Crippen molar-refractivity contribution < 1.29 is 8.42 Å². The lowest BCUT2D eigenvalue weighted by atomic mass is 10.1. The third kappa shape index (κ3) is 3.41. The van der Waals surface area contributed by atoms with Crippen LogP contribution in [0.25, 0.3) is 0 Å². The number of hydrogen-bond donors (Lipinski definition) is 1. The molecule has 0 spiro atoms. The molecule has 108 valence electrons. The fraction of sp³-hybridized carbons (Fsp3) is 0.188. The van der Waals surface area contributed by atoms with Crippen molar-refractivity contribution in [3.63, 3.8) is 0 Å². The van der Waals surface area contributed by atoms with Gasteiger partial charge < -0.3 is 0 Å². The van der Waals surface area contributed by atoms with Crippen molar-refractivity contribution in [3.8, 4) is 6.07 Å². The van der Waals surface area contributed by atoms with Gasteiger partial charge in [-0.15, -0.1) is 0 Å². The standard InChI is InChI=1S/C16H16N2O2S/c1-3-13-5-4-6-15(9-13)18-21(19,20)16-10-14(11-17)8-7-12(16)2/h4-10,18H,3H2,1-2H3. The van der Waals surface area contributed by atoms with Crippen LogP contribution in [0.3, 0.4) is 0 Å². The predicted octanol–water partition coefficient (Wildman–Crippen LogP) is 3.23. The van der Waals surface area contributed by atoms with E-state index in [1.54, 1.807) is 31.2 Å². The van der Waals surface area contributed by atoms with Crippen molar-refractivity contribution in [1.82, 2.24) is 0 Å². The zero-order chi connectivity index (χ0) is 15.5. The molecule has 0 atom stereocenters. The molecule has 0 aromatic heterocycles. The Hall–Kier alpha value is -2.32. The summed E-state index contributed by atoms with van der Waals surface area (Å²) in [5.41, 5.74) is 2.50. The topological polar surface area (TPSA) is 70.0 Å². The molecule has 0 aliphatic heterocycles. The summed E-state index contributed by atoms with van der Waals surface area (Å²) in [6.45, 7) is 3.71. The lowest BCUT2D eigenvalue weighted by Gasteiger charge is -2.11. The first-order valence-electron chi connectivity index (χ1n) is 6.59. The van der Waals surface area contributed by atoms with Crippen molar-refractivity contribution in [2.45, 2.75) is 25.2 Å². The molecule has 0 bridgehead atoms. The highest BCUT2D eigenvalue weighted by Crippen LogP contribution is 2.21. The molecular formula is C16H16N2O2S. The van der Waals surface area contributed by atoms with E-state index in [0.717, 1.165) is 12.0 Å². The van der Waals surface area contributed by atoms with E-state index in [-0.39, 0.29) is 4.90 Å². The number of nitriles is 1. The van der Waals surface area contributed by atoms with Crippen molar-refractivity contribution in [1.29, 1.82) is 5.26 Å². The molecule has 0 aliphatic carbocycles. The molecular weight excluding hydrogens is 284 g/mol.